The van der Waals surface area contributed by atoms with Crippen molar-refractivity contribution >= 4 is 22.9 Å². The summed E-state index contributed by atoms with van der Waals surface area (Å²) in [5, 5.41) is 3.00. The van der Waals surface area contributed by atoms with E-state index in [0.29, 0.717) is 24.5 Å². The van der Waals surface area contributed by atoms with Crippen LogP contribution in [0.3, 0.4) is 0 Å². The molecule has 29 heavy (non-hydrogen) atoms. The minimum absolute atomic E-state index is 0.0372. The van der Waals surface area contributed by atoms with Crippen molar-refractivity contribution in [3.05, 3.63) is 69.2 Å². The number of benzene rings is 2. The van der Waals surface area contributed by atoms with E-state index in [2.05, 4.69) is 18.0 Å². The van der Waals surface area contributed by atoms with E-state index in [-0.39, 0.29) is 5.91 Å². The van der Waals surface area contributed by atoms with Gasteiger partial charge < -0.3 is 14.4 Å². The third-order valence-corrected chi connectivity index (χ3v) is 5.98. The third-order valence-electron chi connectivity index (χ3n) is 5.16. The van der Waals surface area contributed by atoms with Crippen LogP contribution in [0.2, 0.25) is 0 Å². The molecule has 2 aromatic carbocycles. The van der Waals surface area contributed by atoms with Crippen molar-refractivity contribution in [1.29, 1.82) is 0 Å². The average Bonchev–Trinajstić information content (AvgIpc) is 3.17. The molecule has 150 valence electrons. The van der Waals surface area contributed by atoms with Crippen molar-refractivity contribution in [2.45, 2.75) is 33.3 Å². The fourth-order valence-electron chi connectivity index (χ4n) is 3.73. The van der Waals surface area contributed by atoms with E-state index in [1.54, 1.807) is 24.5 Å². The number of hydrogen-bond donors (Lipinski definition) is 0. The maximum absolute atomic E-state index is 13.4. The van der Waals surface area contributed by atoms with E-state index in [4.69, 9.17) is 9.47 Å². The monoisotopic (exact) mass is 408 g/mol. The van der Waals surface area contributed by atoms with Crippen LogP contribution in [-0.2, 0) is 13.0 Å². The number of carbonyl (C=O) groups is 1. The zero-order chi connectivity index (χ0) is 20.4. The van der Waals surface area contributed by atoms with Crippen molar-refractivity contribution < 1.29 is 14.3 Å². The Morgan fingerprint density at radius 2 is 2.10 bits per heavy atom. The van der Waals surface area contributed by atoms with Gasteiger partial charge in [-0.15, -0.1) is 11.3 Å². The van der Waals surface area contributed by atoms with Gasteiger partial charge in [0.15, 0.2) is 0 Å². The minimum Gasteiger partial charge on any atom is -0.495 e. The number of thiazole rings is 1. The quantitative estimate of drug-likeness (QED) is 0.600. The van der Waals surface area contributed by atoms with Gasteiger partial charge in [-0.05, 0) is 62.1 Å². The first kappa shape index (κ1) is 19.5. The summed E-state index contributed by atoms with van der Waals surface area (Å²) >= 11 is 1.60. The summed E-state index contributed by atoms with van der Waals surface area (Å²) in [6.07, 6.45) is 1.89. The van der Waals surface area contributed by atoms with Crippen LogP contribution in [0.1, 0.15) is 38.6 Å². The maximum Gasteiger partial charge on any atom is 0.258 e. The fourth-order valence-corrected chi connectivity index (χ4v) is 4.32. The highest BCUT2D eigenvalue weighted by molar-refractivity contribution is 7.09. The molecule has 5 nitrogen and oxygen atoms in total. The largest absolute Gasteiger partial charge is 0.495 e. The van der Waals surface area contributed by atoms with Gasteiger partial charge in [-0.1, -0.05) is 12.1 Å². The molecule has 0 radical (unpaired) electrons. The Hall–Kier alpha value is -2.86. The second-order valence-electron chi connectivity index (χ2n) is 7.15. The predicted molar refractivity (Wildman–Crippen MR) is 115 cm³/mol. The molecule has 0 unspecified atom stereocenters. The normalized spacial score (nSPS) is 13.1. The fraction of sp³-hybridized carbons (Fsp3) is 0.304. The lowest BCUT2D eigenvalue weighted by Gasteiger charge is -2.32. The van der Waals surface area contributed by atoms with Crippen LogP contribution in [-0.4, -0.2) is 24.5 Å². The van der Waals surface area contributed by atoms with Gasteiger partial charge in [-0.3, -0.25) is 4.79 Å². The lowest BCUT2D eigenvalue weighted by atomic mass is 9.95. The number of carbonyl (C=O) groups excluding carboxylic acids is 1. The molecule has 0 aliphatic carbocycles. The second kappa shape index (κ2) is 8.25. The number of anilines is 1. The van der Waals surface area contributed by atoms with E-state index in [9.17, 15) is 4.79 Å². The van der Waals surface area contributed by atoms with Gasteiger partial charge in [0.05, 0.1) is 23.5 Å². The number of ether oxygens (including phenoxy) is 2. The molecule has 0 saturated carbocycles. The number of methoxy groups -OCH3 is 1. The maximum atomic E-state index is 13.4. The molecule has 1 aliphatic heterocycles. The summed E-state index contributed by atoms with van der Waals surface area (Å²) in [6, 6.07) is 11.4. The number of hydrogen-bond acceptors (Lipinski definition) is 5. The van der Waals surface area contributed by atoms with E-state index in [0.717, 1.165) is 35.0 Å². The van der Waals surface area contributed by atoms with Gasteiger partial charge in [-0.2, -0.15) is 0 Å². The summed E-state index contributed by atoms with van der Waals surface area (Å²) in [7, 11) is 1.65. The molecule has 1 aromatic heterocycles. The van der Waals surface area contributed by atoms with Crippen molar-refractivity contribution in [2.24, 2.45) is 0 Å². The summed E-state index contributed by atoms with van der Waals surface area (Å²) in [6.45, 7) is 5.12. The Morgan fingerprint density at radius 1 is 1.24 bits per heavy atom. The van der Waals surface area contributed by atoms with Crippen molar-refractivity contribution in [1.82, 2.24) is 4.98 Å². The molecule has 3 aromatic rings. The zero-order valence-corrected chi connectivity index (χ0v) is 17.7. The van der Waals surface area contributed by atoms with Gasteiger partial charge in [0.2, 0.25) is 0 Å². The molecule has 2 heterocycles. The Labute approximate surface area is 174 Å². The average molecular weight is 409 g/mol. The van der Waals surface area contributed by atoms with E-state index in [1.807, 2.05) is 41.5 Å². The Kier molecular flexibility index (Phi) is 5.53. The Morgan fingerprint density at radius 3 is 2.86 bits per heavy atom. The number of fused-ring (bicyclic) bond motifs is 1. The minimum atomic E-state index is -0.0372. The lowest BCUT2D eigenvalue weighted by molar-refractivity contribution is 0.0984. The number of amides is 1. The van der Waals surface area contributed by atoms with Crippen LogP contribution in [0, 0.1) is 13.8 Å². The van der Waals surface area contributed by atoms with Crippen LogP contribution in [0.15, 0.2) is 41.8 Å². The smallest absolute Gasteiger partial charge is 0.258 e. The third kappa shape index (κ3) is 3.98. The highest BCUT2D eigenvalue weighted by Crippen LogP contribution is 2.39. The van der Waals surface area contributed by atoms with Crippen LogP contribution in [0.5, 0.6) is 11.5 Å². The van der Waals surface area contributed by atoms with Crippen LogP contribution >= 0.6 is 11.3 Å². The lowest BCUT2D eigenvalue weighted by Crippen LogP contribution is -2.36. The molecule has 6 heteroatoms. The standard InChI is InChI=1S/C23H24N2O3S/c1-15-9-10-21(27-3)22-20(15)8-5-11-25(22)23(26)17-6-4-7-19(12-17)28-13-18-14-29-16(2)24-18/h4,6-7,9-10,12,14H,5,8,11,13H2,1-3H3. The van der Waals surface area contributed by atoms with Crippen LogP contribution in [0.4, 0.5) is 5.69 Å². The highest BCUT2D eigenvalue weighted by atomic mass is 32.1. The van der Waals surface area contributed by atoms with Gasteiger partial charge in [-0.25, -0.2) is 4.98 Å². The van der Waals surface area contributed by atoms with Gasteiger partial charge in [0, 0.05) is 17.5 Å². The van der Waals surface area contributed by atoms with E-state index >= 15 is 0 Å². The zero-order valence-electron chi connectivity index (χ0n) is 16.9. The van der Waals surface area contributed by atoms with Crippen LogP contribution in [0.25, 0.3) is 0 Å². The molecule has 0 fully saturated rings. The highest BCUT2D eigenvalue weighted by Gasteiger charge is 2.28. The molecule has 0 spiro atoms. The van der Waals surface area contributed by atoms with Gasteiger partial charge >= 0.3 is 0 Å². The summed E-state index contributed by atoms with van der Waals surface area (Å²) in [5.41, 5.74) is 4.78. The topological polar surface area (TPSA) is 51.7 Å². The van der Waals surface area contributed by atoms with Gasteiger partial charge in [0.1, 0.15) is 18.1 Å². The predicted octanol–water partition coefficient (Wildman–Crippen LogP) is 4.94. The second-order valence-corrected chi connectivity index (χ2v) is 8.21. The van der Waals surface area contributed by atoms with Gasteiger partial charge in [0.25, 0.3) is 5.91 Å². The van der Waals surface area contributed by atoms with Crippen molar-refractivity contribution in [3.63, 3.8) is 0 Å². The van der Waals surface area contributed by atoms with Crippen LogP contribution < -0.4 is 14.4 Å². The SMILES string of the molecule is COc1ccc(C)c2c1N(C(=O)c1cccc(OCc3csc(C)n3)c1)CCC2. The molecule has 0 saturated heterocycles. The molecule has 0 N–H and O–H groups in total. The molecule has 0 bridgehead atoms. The Bertz CT molecular complexity index is 1040. The first-order valence-electron chi connectivity index (χ1n) is 9.69. The molecular weight excluding hydrogens is 384 g/mol. The van der Waals surface area contributed by atoms with Crippen molar-refractivity contribution in [2.75, 3.05) is 18.6 Å². The number of aromatic nitrogens is 1. The molecule has 4 rings (SSSR count). The number of aryl methyl sites for hydroxylation is 2. The van der Waals surface area contributed by atoms with Crippen molar-refractivity contribution in [3.8, 4) is 11.5 Å². The number of rotatable bonds is 5. The molecule has 1 aliphatic rings. The molecular formula is C23H24N2O3S. The molecule has 0 atom stereocenters. The number of nitrogens with zero attached hydrogens (tertiary/aromatic N) is 2. The Balaban J connectivity index is 1.59. The summed E-state index contributed by atoms with van der Waals surface area (Å²) < 4.78 is 11.4. The first-order valence-corrected chi connectivity index (χ1v) is 10.6. The van der Waals surface area contributed by atoms with E-state index in [1.165, 1.54) is 11.1 Å². The first-order chi connectivity index (χ1) is 14.1. The summed E-state index contributed by atoms with van der Waals surface area (Å²) in [4.78, 5) is 19.6. The summed E-state index contributed by atoms with van der Waals surface area (Å²) in [5.74, 6) is 1.37. The van der Waals surface area contributed by atoms with E-state index < -0.39 is 0 Å². The molecule has 1 amide bonds.